The molecule has 1 aromatic heterocycles. The monoisotopic (exact) mass is 370 g/mol. The van der Waals surface area contributed by atoms with Crippen LogP contribution in [0.5, 0.6) is 5.75 Å². The molecule has 146 valence electrons. The van der Waals surface area contributed by atoms with Crippen LogP contribution < -0.4 is 4.74 Å². The predicted octanol–water partition coefficient (Wildman–Crippen LogP) is 2.78. The lowest BCUT2D eigenvalue weighted by molar-refractivity contribution is 0.0593. The Morgan fingerprint density at radius 3 is 2.52 bits per heavy atom. The first-order valence-corrected chi connectivity index (χ1v) is 10.2. The standard InChI is InChI=1S/C21H30N4O2/c1-24-20(22-17-23-24)21(9-15-26-16-10-21)18-5-7-19(8-6-18)27-14-4-13-25-11-2-3-12-25/h5-8,17H,2-4,9-16H2,1H3. The molecular weight excluding hydrogens is 340 g/mol. The first-order chi connectivity index (χ1) is 13.3. The number of likely N-dealkylation sites (tertiary alicyclic amines) is 1. The average molecular weight is 370 g/mol. The molecule has 27 heavy (non-hydrogen) atoms. The summed E-state index contributed by atoms with van der Waals surface area (Å²) in [6, 6.07) is 8.57. The van der Waals surface area contributed by atoms with Crippen molar-refractivity contribution in [2.24, 2.45) is 7.05 Å². The number of benzene rings is 1. The van der Waals surface area contributed by atoms with Crippen LogP contribution in [0.15, 0.2) is 30.6 Å². The Morgan fingerprint density at radius 1 is 1.11 bits per heavy atom. The molecular formula is C21H30N4O2. The third-order valence-electron chi connectivity index (χ3n) is 5.98. The Balaban J connectivity index is 1.41. The third kappa shape index (κ3) is 4.01. The Kier molecular flexibility index (Phi) is 5.74. The van der Waals surface area contributed by atoms with Gasteiger partial charge in [0.05, 0.1) is 12.0 Å². The predicted molar refractivity (Wildman–Crippen MR) is 104 cm³/mol. The fraction of sp³-hybridized carbons (Fsp3) is 0.619. The highest BCUT2D eigenvalue weighted by Crippen LogP contribution is 2.40. The normalized spacial score (nSPS) is 20.0. The first-order valence-electron chi connectivity index (χ1n) is 10.2. The summed E-state index contributed by atoms with van der Waals surface area (Å²) in [6.45, 7) is 5.93. The topological polar surface area (TPSA) is 52.4 Å². The summed E-state index contributed by atoms with van der Waals surface area (Å²) in [5, 5.41) is 4.30. The second-order valence-corrected chi connectivity index (χ2v) is 7.68. The van der Waals surface area contributed by atoms with Crippen LogP contribution in [-0.4, -0.2) is 59.1 Å². The van der Waals surface area contributed by atoms with Crippen molar-refractivity contribution in [3.8, 4) is 5.75 Å². The third-order valence-corrected chi connectivity index (χ3v) is 5.98. The van der Waals surface area contributed by atoms with Crippen LogP contribution >= 0.6 is 0 Å². The molecule has 6 heteroatoms. The van der Waals surface area contributed by atoms with Crippen molar-refractivity contribution in [2.75, 3.05) is 39.5 Å². The molecule has 1 aromatic carbocycles. The van der Waals surface area contributed by atoms with Crippen molar-refractivity contribution in [1.29, 1.82) is 0 Å². The van der Waals surface area contributed by atoms with Gasteiger partial charge in [-0.15, -0.1) is 0 Å². The van der Waals surface area contributed by atoms with Gasteiger partial charge in [0.25, 0.3) is 0 Å². The van der Waals surface area contributed by atoms with E-state index >= 15 is 0 Å². The second kappa shape index (κ2) is 8.40. The van der Waals surface area contributed by atoms with E-state index in [-0.39, 0.29) is 5.41 Å². The molecule has 0 bridgehead atoms. The van der Waals surface area contributed by atoms with Crippen LogP contribution in [0.4, 0.5) is 0 Å². The fourth-order valence-corrected chi connectivity index (χ4v) is 4.45. The summed E-state index contributed by atoms with van der Waals surface area (Å²) in [5.41, 5.74) is 1.14. The molecule has 3 heterocycles. The van der Waals surface area contributed by atoms with Crippen LogP contribution in [0.25, 0.3) is 0 Å². The lowest BCUT2D eigenvalue weighted by Crippen LogP contribution is -2.37. The maximum absolute atomic E-state index is 5.97. The van der Waals surface area contributed by atoms with Crippen molar-refractivity contribution >= 4 is 0 Å². The highest BCUT2D eigenvalue weighted by Gasteiger charge is 2.39. The molecule has 0 saturated carbocycles. The summed E-state index contributed by atoms with van der Waals surface area (Å²) < 4.78 is 13.5. The van der Waals surface area contributed by atoms with Gasteiger partial charge in [0.2, 0.25) is 0 Å². The molecule has 2 fully saturated rings. The quantitative estimate of drug-likeness (QED) is 0.702. The minimum atomic E-state index is -0.127. The summed E-state index contributed by atoms with van der Waals surface area (Å²) >= 11 is 0. The number of nitrogens with zero attached hydrogens (tertiary/aromatic N) is 4. The Hall–Kier alpha value is -1.92. The van der Waals surface area contributed by atoms with Gasteiger partial charge in [0, 0.05) is 26.8 Å². The molecule has 0 unspecified atom stereocenters. The van der Waals surface area contributed by atoms with E-state index in [1.54, 1.807) is 6.33 Å². The van der Waals surface area contributed by atoms with Crippen LogP contribution in [0, 0.1) is 0 Å². The van der Waals surface area contributed by atoms with Crippen LogP contribution in [0.3, 0.4) is 0 Å². The molecule has 0 atom stereocenters. The molecule has 0 radical (unpaired) electrons. The molecule has 0 aliphatic carbocycles. The van der Waals surface area contributed by atoms with Crippen LogP contribution in [0.1, 0.15) is 43.5 Å². The summed E-state index contributed by atoms with van der Waals surface area (Å²) in [7, 11) is 1.97. The zero-order chi connectivity index (χ0) is 18.5. The van der Waals surface area contributed by atoms with E-state index in [4.69, 9.17) is 9.47 Å². The van der Waals surface area contributed by atoms with Gasteiger partial charge in [-0.05, 0) is 62.9 Å². The van der Waals surface area contributed by atoms with Crippen molar-refractivity contribution in [3.63, 3.8) is 0 Å². The highest BCUT2D eigenvalue weighted by molar-refractivity contribution is 5.37. The van der Waals surface area contributed by atoms with E-state index in [0.29, 0.717) is 0 Å². The molecule has 4 rings (SSSR count). The van der Waals surface area contributed by atoms with E-state index in [2.05, 4.69) is 39.2 Å². The lowest BCUT2D eigenvalue weighted by atomic mass is 9.73. The Labute approximate surface area is 161 Å². The van der Waals surface area contributed by atoms with Gasteiger partial charge in [-0.25, -0.2) is 4.98 Å². The Morgan fingerprint density at radius 2 is 1.85 bits per heavy atom. The molecule has 0 spiro atoms. The molecule has 2 aliphatic rings. The van der Waals surface area contributed by atoms with Crippen LogP contribution in [-0.2, 0) is 17.2 Å². The van der Waals surface area contributed by atoms with Gasteiger partial charge in [-0.3, -0.25) is 4.68 Å². The molecule has 6 nitrogen and oxygen atoms in total. The number of rotatable bonds is 7. The summed E-state index contributed by atoms with van der Waals surface area (Å²) in [4.78, 5) is 7.10. The smallest absolute Gasteiger partial charge is 0.138 e. The summed E-state index contributed by atoms with van der Waals surface area (Å²) in [6.07, 6.45) is 7.28. The zero-order valence-electron chi connectivity index (χ0n) is 16.3. The SMILES string of the molecule is Cn1ncnc1C1(c2ccc(OCCCN3CCCC3)cc2)CCOCC1. The van der Waals surface area contributed by atoms with Crippen molar-refractivity contribution in [2.45, 2.75) is 37.5 Å². The maximum Gasteiger partial charge on any atom is 0.138 e. The van der Waals surface area contributed by atoms with Crippen molar-refractivity contribution < 1.29 is 9.47 Å². The minimum absolute atomic E-state index is 0.127. The Bertz CT molecular complexity index is 716. The number of hydrogen-bond acceptors (Lipinski definition) is 5. The highest BCUT2D eigenvalue weighted by atomic mass is 16.5. The molecule has 0 N–H and O–H groups in total. The molecule has 2 saturated heterocycles. The van der Waals surface area contributed by atoms with Gasteiger partial charge < -0.3 is 14.4 Å². The van der Waals surface area contributed by atoms with E-state index in [9.17, 15) is 0 Å². The number of ether oxygens (including phenoxy) is 2. The fourth-order valence-electron chi connectivity index (χ4n) is 4.45. The largest absolute Gasteiger partial charge is 0.494 e. The second-order valence-electron chi connectivity index (χ2n) is 7.68. The number of aromatic nitrogens is 3. The number of aryl methyl sites for hydroxylation is 1. The molecule has 2 aliphatic heterocycles. The van der Waals surface area contributed by atoms with E-state index in [1.807, 2.05) is 11.7 Å². The van der Waals surface area contributed by atoms with Gasteiger partial charge in [-0.2, -0.15) is 5.10 Å². The van der Waals surface area contributed by atoms with Gasteiger partial charge >= 0.3 is 0 Å². The van der Waals surface area contributed by atoms with E-state index in [0.717, 1.165) is 57.2 Å². The van der Waals surface area contributed by atoms with Crippen molar-refractivity contribution in [1.82, 2.24) is 19.7 Å². The van der Waals surface area contributed by atoms with Crippen molar-refractivity contribution in [3.05, 3.63) is 42.0 Å². The molecule has 0 amide bonds. The maximum atomic E-state index is 5.97. The number of hydrogen-bond donors (Lipinski definition) is 0. The zero-order valence-corrected chi connectivity index (χ0v) is 16.3. The first kappa shape index (κ1) is 18.4. The average Bonchev–Trinajstić information content (AvgIpc) is 3.38. The van der Waals surface area contributed by atoms with Crippen LogP contribution in [0.2, 0.25) is 0 Å². The summed E-state index contributed by atoms with van der Waals surface area (Å²) in [5.74, 6) is 1.96. The molecule has 2 aromatic rings. The van der Waals surface area contributed by atoms with Gasteiger partial charge in [-0.1, -0.05) is 12.1 Å². The minimum Gasteiger partial charge on any atom is -0.494 e. The van der Waals surface area contributed by atoms with E-state index < -0.39 is 0 Å². The van der Waals surface area contributed by atoms with Gasteiger partial charge in [0.1, 0.15) is 17.9 Å². The van der Waals surface area contributed by atoms with Gasteiger partial charge in [0.15, 0.2) is 0 Å². The van der Waals surface area contributed by atoms with E-state index in [1.165, 1.54) is 31.5 Å². The lowest BCUT2D eigenvalue weighted by Gasteiger charge is -2.36.